The highest BCUT2D eigenvalue weighted by molar-refractivity contribution is 5.77. The van der Waals surface area contributed by atoms with Crippen molar-refractivity contribution in [2.45, 2.75) is 13.1 Å². The Morgan fingerprint density at radius 2 is 1.75 bits per heavy atom. The average molecular weight is 384 g/mol. The predicted molar refractivity (Wildman–Crippen MR) is 98.8 cm³/mol. The van der Waals surface area contributed by atoms with Crippen LogP contribution in [0, 0.1) is 11.3 Å². The number of pyridine rings is 1. The molecule has 2 aromatic carbocycles. The molecule has 7 heteroatoms. The molecule has 0 unspecified atom stereocenters. The van der Waals surface area contributed by atoms with E-state index in [1.165, 1.54) is 24.3 Å². The lowest BCUT2D eigenvalue weighted by molar-refractivity contribution is -0.137. The third-order valence-corrected chi connectivity index (χ3v) is 4.14. The summed E-state index contributed by atoms with van der Waals surface area (Å²) in [4.78, 5) is 14.9. The van der Waals surface area contributed by atoms with Gasteiger partial charge in [0, 0.05) is 11.3 Å². The van der Waals surface area contributed by atoms with Gasteiger partial charge in [0.05, 0.1) is 12.2 Å². The monoisotopic (exact) mass is 384 g/mol. The van der Waals surface area contributed by atoms with E-state index in [-0.39, 0.29) is 16.7 Å². The zero-order valence-electron chi connectivity index (χ0n) is 14.8. The van der Waals surface area contributed by atoms with Crippen molar-refractivity contribution in [1.29, 1.82) is 5.26 Å². The van der Waals surface area contributed by atoms with Gasteiger partial charge in [0.2, 0.25) is 0 Å². The molecule has 142 valence electrons. The number of H-pyrrole nitrogens is 1. The molecule has 0 bridgehead atoms. The molecule has 1 aromatic heterocycles. The zero-order valence-corrected chi connectivity index (χ0v) is 14.8. The summed E-state index contributed by atoms with van der Waals surface area (Å²) in [5.74, 6) is 0.630. The molecule has 0 aliphatic carbocycles. The first-order valence-electron chi connectivity index (χ1n) is 8.42. The summed E-state index contributed by atoms with van der Waals surface area (Å²) < 4.78 is 45.6. The van der Waals surface area contributed by atoms with E-state index >= 15 is 0 Å². The van der Waals surface area contributed by atoms with Gasteiger partial charge in [-0.3, -0.25) is 4.79 Å². The quantitative estimate of drug-likeness (QED) is 0.689. The topological polar surface area (TPSA) is 65.9 Å². The summed E-state index contributed by atoms with van der Waals surface area (Å²) in [6, 6.07) is 14.7. The molecular formula is C21H15F3N2O2. The van der Waals surface area contributed by atoms with E-state index < -0.39 is 17.3 Å². The first kappa shape index (κ1) is 19.2. The molecule has 0 saturated carbocycles. The molecule has 0 spiro atoms. The lowest BCUT2D eigenvalue weighted by Crippen LogP contribution is -2.14. The first-order chi connectivity index (χ1) is 13.3. The van der Waals surface area contributed by atoms with Gasteiger partial charge < -0.3 is 9.72 Å². The fourth-order valence-electron chi connectivity index (χ4n) is 2.90. The van der Waals surface area contributed by atoms with Crippen LogP contribution in [0.3, 0.4) is 0 Å². The molecule has 0 amide bonds. The molecule has 0 fully saturated rings. The Labute approximate surface area is 158 Å². The Morgan fingerprint density at radius 1 is 1.07 bits per heavy atom. The van der Waals surface area contributed by atoms with Crippen LogP contribution in [0.25, 0.3) is 22.4 Å². The second-order valence-corrected chi connectivity index (χ2v) is 5.91. The maximum atomic E-state index is 13.4. The fourth-order valence-corrected chi connectivity index (χ4v) is 2.90. The molecule has 0 saturated heterocycles. The summed E-state index contributed by atoms with van der Waals surface area (Å²) in [7, 11) is 0. The van der Waals surface area contributed by atoms with Crippen molar-refractivity contribution in [3.63, 3.8) is 0 Å². The van der Waals surface area contributed by atoms with Crippen molar-refractivity contribution < 1.29 is 17.9 Å². The maximum absolute atomic E-state index is 13.4. The zero-order chi connectivity index (χ0) is 20.3. The number of nitrogens with one attached hydrogen (secondary N) is 1. The SMILES string of the molecule is CCOc1ccc(-c2cc(-c3ccccc3C(F)(F)F)c(C#N)c(=O)[nH]2)cc1. The standard InChI is InChI=1S/C21H15F3N2O2/c1-2-28-14-9-7-13(8-10-14)19-11-16(17(12-25)20(27)26-19)15-5-3-4-6-18(15)21(22,23)24/h3-11H,2H2,1H3,(H,26,27). The van der Waals surface area contributed by atoms with Crippen molar-refractivity contribution in [2.75, 3.05) is 6.61 Å². The van der Waals surface area contributed by atoms with E-state index in [1.807, 2.05) is 6.92 Å². The van der Waals surface area contributed by atoms with Crippen molar-refractivity contribution in [3.05, 3.63) is 76.1 Å². The molecule has 3 rings (SSSR count). The van der Waals surface area contributed by atoms with Crippen LogP contribution in [0.15, 0.2) is 59.4 Å². The molecular weight excluding hydrogens is 369 g/mol. The van der Waals surface area contributed by atoms with Crippen LogP contribution in [0.1, 0.15) is 18.1 Å². The Balaban J connectivity index is 2.21. The highest BCUT2D eigenvalue weighted by atomic mass is 19.4. The predicted octanol–water partition coefficient (Wildman–Crippen LogP) is 5.00. The van der Waals surface area contributed by atoms with E-state index in [2.05, 4.69) is 4.98 Å². The first-order valence-corrected chi connectivity index (χ1v) is 8.42. The molecule has 0 aliphatic rings. The Kier molecular flexibility index (Phi) is 5.23. The third kappa shape index (κ3) is 3.76. The van der Waals surface area contributed by atoms with E-state index in [0.717, 1.165) is 6.07 Å². The maximum Gasteiger partial charge on any atom is 0.417 e. The molecule has 1 N–H and O–H groups in total. The van der Waals surface area contributed by atoms with Crippen molar-refractivity contribution >= 4 is 0 Å². The lowest BCUT2D eigenvalue weighted by atomic mass is 9.95. The number of alkyl halides is 3. The van der Waals surface area contributed by atoms with E-state index in [9.17, 15) is 23.2 Å². The number of aromatic nitrogens is 1. The average Bonchev–Trinajstić information content (AvgIpc) is 2.67. The van der Waals surface area contributed by atoms with Crippen LogP contribution < -0.4 is 10.3 Å². The number of hydrogen-bond donors (Lipinski definition) is 1. The smallest absolute Gasteiger partial charge is 0.417 e. The van der Waals surface area contributed by atoms with Crippen LogP contribution in [0.2, 0.25) is 0 Å². The summed E-state index contributed by atoms with van der Waals surface area (Å²) in [5.41, 5.74) is -1.43. The van der Waals surface area contributed by atoms with Crippen molar-refractivity contribution in [1.82, 2.24) is 4.98 Å². The van der Waals surface area contributed by atoms with Crippen molar-refractivity contribution in [2.24, 2.45) is 0 Å². The van der Waals surface area contributed by atoms with Crippen LogP contribution in [-0.4, -0.2) is 11.6 Å². The van der Waals surface area contributed by atoms with Gasteiger partial charge in [-0.25, -0.2) is 0 Å². The number of nitriles is 1. The number of ether oxygens (including phenoxy) is 1. The minimum absolute atomic E-state index is 0.0666. The molecule has 0 aliphatic heterocycles. The Morgan fingerprint density at radius 3 is 2.36 bits per heavy atom. The summed E-state index contributed by atoms with van der Waals surface area (Å²) >= 11 is 0. The summed E-state index contributed by atoms with van der Waals surface area (Å²) in [6.45, 7) is 2.34. The number of benzene rings is 2. The number of hydrogen-bond acceptors (Lipinski definition) is 3. The molecule has 0 atom stereocenters. The lowest BCUT2D eigenvalue weighted by Gasteiger charge is -2.14. The third-order valence-electron chi connectivity index (χ3n) is 4.14. The number of rotatable bonds is 4. The Bertz CT molecular complexity index is 1090. The minimum atomic E-state index is -4.62. The summed E-state index contributed by atoms with van der Waals surface area (Å²) in [5, 5.41) is 9.34. The van der Waals surface area contributed by atoms with E-state index in [0.29, 0.717) is 23.6 Å². The van der Waals surface area contributed by atoms with Crippen LogP contribution in [-0.2, 0) is 6.18 Å². The summed E-state index contributed by atoms with van der Waals surface area (Å²) in [6.07, 6.45) is -4.62. The molecule has 0 radical (unpaired) electrons. The second-order valence-electron chi connectivity index (χ2n) is 5.91. The van der Waals surface area contributed by atoms with Crippen LogP contribution in [0.4, 0.5) is 13.2 Å². The molecule has 1 heterocycles. The van der Waals surface area contributed by atoms with Gasteiger partial charge in [0.1, 0.15) is 17.4 Å². The highest BCUT2D eigenvalue weighted by Crippen LogP contribution is 2.38. The largest absolute Gasteiger partial charge is 0.494 e. The normalized spacial score (nSPS) is 11.1. The Hall–Kier alpha value is -3.53. The molecule has 4 nitrogen and oxygen atoms in total. The van der Waals surface area contributed by atoms with E-state index in [4.69, 9.17) is 4.74 Å². The fraction of sp³-hybridized carbons (Fsp3) is 0.143. The van der Waals surface area contributed by atoms with Gasteiger partial charge in [0.15, 0.2) is 0 Å². The van der Waals surface area contributed by atoms with Gasteiger partial charge in [-0.1, -0.05) is 18.2 Å². The van der Waals surface area contributed by atoms with Gasteiger partial charge in [-0.2, -0.15) is 18.4 Å². The molecule has 3 aromatic rings. The van der Waals surface area contributed by atoms with Crippen LogP contribution >= 0.6 is 0 Å². The van der Waals surface area contributed by atoms with Crippen molar-refractivity contribution in [3.8, 4) is 34.2 Å². The highest BCUT2D eigenvalue weighted by Gasteiger charge is 2.34. The number of nitrogens with zero attached hydrogens (tertiary/aromatic N) is 1. The van der Waals surface area contributed by atoms with Gasteiger partial charge in [-0.05, 0) is 54.4 Å². The van der Waals surface area contributed by atoms with Gasteiger partial charge in [-0.15, -0.1) is 0 Å². The van der Waals surface area contributed by atoms with Crippen LogP contribution in [0.5, 0.6) is 5.75 Å². The van der Waals surface area contributed by atoms with Gasteiger partial charge >= 0.3 is 6.18 Å². The van der Waals surface area contributed by atoms with Gasteiger partial charge in [0.25, 0.3) is 5.56 Å². The molecule has 28 heavy (non-hydrogen) atoms. The van der Waals surface area contributed by atoms with E-state index in [1.54, 1.807) is 30.3 Å². The number of halogens is 3. The minimum Gasteiger partial charge on any atom is -0.494 e. The number of aromatic amines is 1. The second kappa shape index (κ2) is 7.61.